The van der Waals surface area contributed by atoms with Gasteiger partial charge in [-0.25, -0.2) is 13.6 Å². The van der Waals surface area contributed by atoms with E-state index in [1.54, 1.807) is 30.3 Å². The van der Waals surface area contributed by atoms with Gasteiger partial charge in [0.05, 0.1) is 6.04 Å². The minimum atomic E-state index is -2.57. The Labute approximate surface area is 117 Å². The van der Waals surface area contributed by atoms with Crippen LogP contribution in [0.3, 0.4) is 0 Å². The maximum atomic E-state index is 13.1. The zero-order chi connectivity index (χ0) is 14.4. The van der Waals surface area contributed by atoms with E-state index >= 15 is 0 Å². The first-order valence-corrected chi connectivity index (χ1v) is 6.98. The lowest BCUT2D eigenvalue weighted by Gasteiger charge is -2.29. The van der Waals surface area contributed by atoms with E-state index in [2.05, 4.69) is 5.32 Å². The molecule has 1 N–H and O–H groups in total. The molecule has 110 valence electrons. The van der Waals surface area contributed by atoms with E-state index in [1.165, 1.54) is 0 Å². The van der Waals surface area contributed by atoms with Crippen LogP contribution in [0.5, 0.6) is 5.75 Å². The number of rotatable bonds is 4. The van der Waals surface area contributed by atoms with Gasteiger partial charge < -0.3 is 10.1 Å². The van der Waals surface area contributed by atoms with E-state index < -0.39 is 18.6 Å². The molecule has 1 aromatic carbocycles. The number of carbonyl (C=O) groups excluding carboxylic acids is 1. The molecule has 0 spiro atoms. The van der Waals surface area contributed by atoms with E-state index in [1.807, 2.05) is 0 Å². The molecule has 1 atom stereocenters. The molecule has 0 saturated heterocycles. The highest BCUT2D eigenvalue weighted by Crippen LogP contribution is 2.29. The summed E-state index contributed by atoms with van der Waals surface area (Å²) in [5.74, 6) is 0.189. The molecule has 0 aromatic heterocycles. The van der Waals surface area contributed by atoms with Gasteiger partial charge in [0.25, 0.3) is 6.43 Å². The van der Waals surface area contributed by atoms with Gasteiger partial charge in [0.15, 0.2) is 0 Å². The Balaban J connectivity index is 1.92. The fourth-order valence-electron chi connectivity index (χ4n) is 2.64. The maximum absolute atomic E-state index is 13.1. The number of para-hydroxylation sites is 1. The quantitative estimate of drug-likeness (QED) is 0.907. The third kappa shape index (κ3) is 4.18. The van der Waals surface area contributed by atoms with Crippen LogP contribution in [-0.4, -0.2) is 18.6 Å². The van der Waals surface area contributed by atoms with Crippen LogP contribution in [0.4, 0.5) is 13.6 Å². The predicted molar refractivity (Wildman–Crippen MR) is 72.0 cm³/mol. The first-order valence-electron chi connectivity index (χ1n) is 6.98. The Kier molecular flexibility index (Phi) is 5.32. The van der Waals surface area contributed by atoms with Gasteiger partial charge in [-0.2, -0.15) is 0 Å². The molecule has 3 nitrogen and oxygen atoms in total. The summed E-state index contributed by atoms with van der Waals surface area (Å²) in [6.07, 6.45) is 1.07. The van der Waals surface area contributed by atoms with E-state index in [9.17, 15) is 13.6 Å². The number of hydrogen-bond acceptors (Lipinski definition) is 2. The zero-order valence-corrected chi connectivity index (χ0v) is 11.2. The predicted octanol–water partition coefficient (Wildman–Crippen LogP) is 3.99. The third-order valence-corrected chi connectivity index (χ3v) is 3.67. The van der Waals surface area contributed by atoms with E-state index in [4.69, 9.17) is 4.74 Å². The number of nitrogens with one attached hydrogen (secondary N) is 1. The van der Waals surface area contributed by atoms with Crippen molar-refractivity contribution >= 4 is 6.09 Å². The summed E-state index contributed by atoms with van der Waals surface area (Å²) in [6, 6.07) is 7.32. The van der Waals surface area contributed by atoms with Gasteiger partial charge in [0, 0.05) is 0 Å². The number of hydrogen-bond donors (Lipinski definition) is 1. The summed E-state index contributed by atoms with van der Waals surface area (Å²) in [7, 11) is 0. The van der Waals surface area contributed by atoms with Gasteiger partial charge in [-0.05, 0) is 30.9 Å². The molecule has 5 heteroatoms. The molecule has 2 rings (SSSR count). The van der Waals surface area contributed by atoms with Crippen molar-refractivity contribution < 1.29 is 18.3 Å². The molecule has 1 fully saturated rings. The van der Waals surface area contributed by atoms with Crippen molar-refractivity contribution in [3.8, 4) is 5.75 Å². The summed E-state index contributed by atoms with van der Waals surface area (Å²) in [5, 5.41) is 2.32. The lowest BCUT2D eigenvalue weighted by molar-refractivity contribution is 0.0578. The van der Waals surface area contributed by atoms with Gasteiger partial charge >= 0.3 is 6.09 Å². The van der Waals surface area contributed by atoms with Crippen LogP contribution in [0.2, 0.25) is 0 Å². The minimum Gasteiger partial charge on any atom is -0.410 e. The largest absolute Gasteiger partial charge is 0.413 e. The monoisotopic (exact) mass is 283 g/mol. The molecule has 1 aliphatic rings. The average molecular weight is 283 g/mol. The van der Waals surface area contributed by atoms with Gasteiger partial charge in [0.2, 0.25) is 0 Å². The van der Waals surface area contributed by atoms with Crippen molar-refractivity contribution in [2.45, 2.75) is 44.6 Å². The van der Waals surface area contributed by atoms with Crippen LogP contribution in [0.25, 0.3) is 0 Å². The van der Waals surface area contributed by atoms with Crippen LogP contribution < -0.4 is 10.1 Å². The van der Waals surface area contributed by atoms with E-state index in [-0.39, 0.29) is 5.92 Å². The molecular formula is C15H19F2NO2. The van der Waals surface area contributed by atoms with Gasteiger partial charge in [-0.15, -0.1) is 0 Å². The minimum absolute atomic E-state index is 0.160. The fraction of sp³-hybridized carbons (Fsp3) is 0.533. The average Bonchev–Trinajstić information content (AvgIpc) is 2.46. The van der Waals surface area contributed by atoms with E-state index in [0.717, 1.165) is 32.1 Å². The molecule has 1 aromatic rings. The number of alkyl halides is 2. The van der Waals surface area contributed by atoms with Crippen LogP contribution in [-0.2, 0) is 0 Å². The second-order valence-electron chi connectivity index (χ2n) is 5.11. The first-order chi connectivity index (χ1) is 9.66. The summed E-state index contributed by atoms with van der Waals surface area (Å²) >= 11 is 0. The van der Waals surface area contributed by atoms with Gasteiger partial charge in [-0.3, -0.25) is 0 Å². The highest BCUT2D eigenvalue weighted by atomic mass is 19.3. The lowest BCUT2D eigenvalue weighted by Crippen LogP contribution is -2.46. The van der Waals surface area contributed by atoms with Crippen molar-refractivity contribution in [1.29, 1.82) is 0 Å². The highest BCUT2D eigenvalue weighted by molar-refractivity contribution is 5.70. The smallest absolute Gasteiger partial charge is 0.410 e. The molecule has 20 heavy (non-hydrogen) atoms. The van der Waals surface area contributed by atoms with Crippen molar-refractivity contribution in [3.05, 3.63) is 30.3 Å². The molecule has 0 aliphatic heterocycles. The maximum Gasteiger partial charge on any atom is 0.413 e. The molecule has 1 amide bonds. The van der Waals surface area contributed by atoms with Crippen LogP contribution in [0.1, 0.15) is 32.1 Å². The Bertz CT molecular complexity index is 419. The summed E-state index contributed by atoms with van der Waals surface area (Å²) in [4.78, 5) is 11.7. The van der Waals surface area contributed by atoms with Crippen molar-refractivity contribution in [1.82, 2.24) is 5.32 Å². The molecule has 0 radical (unpaired) electrons. The summed E-state index contributed by atoms with van der Waals surface area (Å²) < 4.78 is 31.2. The normalized spacial score (nSPS) is 17.8. The topological polar surface area (TPSA) is 38.3 Å². The molecule has 0 bridgehead atoms. The Morgan fingerprint density at radius 3 is 2.40 bits per heavy atom. The van der Waals surface area contributed by atoms with Gasteiger partial charge in [0.1, 0.15) is 5.75 Å². The van der Waals surface area contributed by atoms with Crippen molar-refractivity contribution in [2.75, 3.05) is 0 Å². The second kappa shape index (κ2) is 7.22. The molecule has 1 unspecified atom stereocenters. The molecular weight excluding hydrogens is 264 g/mol. The molecule has 1 saturated carbocycles. The Morgan fingerprint density at radius 2 is 1.80 bits per heavy atom. The summed E-state index contributed by atoms with van der Waals surface area (Å²) in [5.41, 5.74) is 0. The SMILES string of the molecule is O=C(NC(C(F)F)C1CCCCC1)Oc1ccccc1. The van der Waals surface area contributed by atoms with Gasteiger partial charge in [-0.1, -0.05) is 37.5 Å². The second-order valence-corrected chi connectivity index (χ2v) is 5.11. The Morgan fingerprint density at radius 1 is 1.15 bits per heavy atom. The zero-order valence-electron chi connectivity index (χ0n) is 11.2. The third-order valence-electron chi connectivity index (χ3n) is 3.67. The molecule has 0 heterocycles. The van der Waals surface area contributed by atoms with Crippen molar-refractivity contribution in [3.63, 3.8) is 0 Å². The van der Waals surface area contributed by atoms with Crippen LogP contribution in [0, 0.1) is 5.92 Å². The number of carbonyl (C=O) groups is 1. The lowest BCUT2D eigenvalue weighted by atomic mass is 9.84. The fourth-order valence-corrected chi connectivity index (χ4v) is 2.64. The van der Waals surface area contributed by atoms with E-state index in [0.29, 0.717) is 5.75 Å². The number of amides is 1. The summed E-state index contributed by atoms with van der Waals surface area (Å²) in [6.45, 7) is 0. The number of ether oxygens (including phenoxy) is 1. The first kappa shape index (κ1) is 14.8. The standard InChI is InChI=1S/C15H19F2NO2/c16-14(17)13(11-7-3-1-4-8-11)18-15(19)20-12-9-5-2-6-10-12/h2,5-6,9-11,13-14H,1,3-4,7-8H2,(H,18,19). The number of halogens is 2. The highest BCUT2D eigenvalue weighted by Gasteiger charge is 2.32. The Hall–Kier alpha value is -1.65. The van der Waals surface area contributed by atoms with Crippen LogP contribution >= 0.6 is 0 Å². The molecule has 1 aliphatic carbocycles. The van der Waals surface area contributed by atoms with Crippen LogP contribution in [0.15, 0.2) is 30.3 Å². The number of benzene rings is 1. The van der Waals surface area contributed by atoms with Crippen molar-refractivity contribution in [2.24, 2.45) is 5.92 Å².